The molecule has 5 aliphatic rings. The number of Topliss-reactive ketones (excluding diaryl/α,β-unsaturated/α-hetero) is 2. The summed E-state index contributed by atoms with van der Waals surface area (Å²) in [5.74, 6) is 4.72. The first-order valence-electron chi connectivity index (χ1n) is 19.0. The van der Waals surface area contributed by atoms with Crippen LogP contribution in [0.3, 0.4) is 0 Å². The van der Waals surface area contributed by atoms with Crippen LogP contribution in [0.25, 0.3) is 0 Å². The Kier molecular flexibility index (Phi) is 40.1. The zero-order valence-corrected chi connectivity index (χ0v) is 33.7. The van der Waals surface area contributed by atoms with E-state index in [9.17, 15) is 19.2 Å². The van der Waals surface area contributed by atoms with E-state index in [0.29, 0.717) is 5.13 Å². The summed E-state index contributed by atoms with van der Waals surface area (Å²) in [6.07, 6.45) is 26.1. The third-order valence-corrected chi connectivity index (χ3v) is 9.00. The summed E-state index contributed by atoms with van der Waals surface area (Å²) in [4.78, 5) is 45.7. The highest BCUT2D eigenvalue weighted by molar-refractivity contribution is 7.13. The highest BCUT2D eigenvalue weighted by atomic mass is 32.1. The lowest BCUT2D eigenvalue weighted by molar-refractivity contribution is -0.129. The normalized spacial score (nSPS) is 17.5. The van der Waals surface area contributed by atoms with Crippen LogP contribution in [0.4, 0.5) is 5.13 Å². The highest BCUT2D eigenvalue weighted by Crippen LogP contribution is 2.27. The van der Waals surface area contributed by atoms with E-state index in [1.807, 2.05) is 10.3 Å². The summed E-state index contributed by atoms with van der Waals surface area (Å²) in [6, 6.07) is 0. The van der Waals surface area contributed by atoms with Gasteiger partial charge < -0.3 is 19.8 Å². The number of nitrogens with zero attached hydrogens (tertiary/aromatic N) is 2. The molecule has 0 atom stereocenters. The van der Waals surface area contributed by atoms with E-state index in [-0.39, 0.29) is 38.2 Å². The molecule has 4 aliphatic carbocycles. The summed E-state index contributed by atoms with van der Waals surface area (Å²) in [5, 5.41) is 5.02. The van der Waals surface area contributed by atoms with Crippen molar-refractivity contribution in [2.75, 3.05) is 18.4 Å². The second-order valence-corrected chi connectivity index (χ2v) is 15.6. The molecule has 6 rings (SSSR count). The van der Waals surface area contributed by atoms with Crippen LogP contribution in [0, 0.1) is 23.7 Å². The number of ketones is 2. The molecule has 2 heterocycles. The standard InChI is InChI=1S/C7H13NO.C7H14.C6H12.C5H6N2OS.C5H10.C4H8.2C3H6O.2CH4/c1-7(9)8-5-3-2-4-6-8;1-7-5-3-2-4-6-7;1-6-4-2-3-5-6;1-4(8)7-5-6-2-3-9-5;1-5-3-2-4-5;1-4-2-3-4;2*1-3(2)4;;/h2-6H2,1H3;7H,2-6H2,1H3;6H,2-5H2,1H3;2-3H,1H3,(H,6,7,8);5H,2-4H2,1H3;4H,2-3H2,1H3;2*1-2H3;2*1H4. The van der Waals surface area contributed by atoms with Gasteiger partial charge in [-0.3, -0.25) is 9.59 Å². The molecule has 0 unspecified atom stereocenters. The van der Waals surface area contributed by atoms with Gasteiger partial charge in [-0.15, -0.1) is 11.3 Å². The van der Waals surface area contributed by atoms with Gasteiger partial charge in [-0.1, -0.05) is 132 Å². The van der Waals surface area contributed by atoms with Crippen molar-refractivity contribution in [2.45, 2.75) is 193 Å². The third kappa shape index (κ3) is 45.9. The Labute approximate surface area is 315 Å². The first kappa shape index (κ1) is 54.7. The quantitative estimate of drug-likeness (QED) is 0.311. The number of hydrogen-bond donors (Lipinski definition) is 1. The lowest BCUT2D eigenvalue weighted by Crippen LogP contribution is -2.33. The van der Waals surface area contributed by atoms with E-state index in [2.05, 4.69) is 38.0 Å². The number of thiazole rings is 1. The van der Waals surface area contributed by atoms with Gasteiger partial charge in [0.05, 0.1) is 0 Å². The van der Waals surface area contributed by atoms with Crippen molar-refractivity contribution in [3.05, 3.63) is 11.6 Å². The van der Waals surface area contributed by atoms with Crippen LogP contribution in [-0.4, -0.2) is 46.4 Å². The Balaban J connectivity index is -0.000000245. The summed E-state index contributed by atoms with van der Waals surface area (Å²) >= 11 is 1.41. The number of nitrogens with one attached hydrogen (secondary N) is 1. The molecule has 8 heteroatoms. The molecule has 0 radical (unpaired) electrons. The largest absolute Gasteiger partial charge is 0.343 e. The van der Waals surface area contributed by atoms with Gasteiger partial charge in [0.1, 0.15) is 11.6 Å². The Bertz CT molecular complexity index is 891. The molecule has 296 valence electrons. The topological polar surface area (TPSA) is 96.4 Å². The number of anilines is 1. The van der Waals surface area contributed by atoms with Crippen molar-refractivity contribution >= 4 is 39.8 Å². The molecule has 7 nitrogen and oxygen atoms in total. The maximum Gasteiger partial charge on any atom is 0.223 e. The molecule has 50 heavy (non-hydrogen) atoms. The minimum absolute atomic E-state index is 0. The van der Waals surface area contributed by atoms with Crippen molar-refractivity contribution in [1.29, 1.82) is 0 Å². The fraction of sp³-hybridized carbons (Fsp3) is 0.833. The SMILES string of the molecule is C.C.CC(=O)N1CCCCC1.CC(=O)Nc1nccs1.CC(C)=O.CC(C)=O.CC1CC1.CC1CCC1.CC1CCCC1.CC1CCCCC1. The molecule has 4 saturated carbocycles. The Hall–Kier alpha value is -2.09. The van der Waals surface area contributed by atoms with E-state index < -0.39 is 0 Å². The van der Waals surface area contributed by atoms with Gasteiger partial charge in [-0.05, 0) is 70.6 Å². The van der Waals surface area contributed by atoms with Crippen LogP contribution >= 0.6 is 11.3 Å². The lowest BCUT2D eigenvalue weighted by atomic mass is 9.88. The van der Waals surface area contributed by atoms with Gasteiger partial charge in [0.2, 0.25) is 11.8 Å². The number of piperidine rings is 1. The molecule has 1 N–H and O–H groups in total. The first-order valence-corrected chi connectivity index (χ1v) is 19.9. The predicted molar refractivity (Wildman–Crippen MR) is 220 cm³/mol. The number of hydrogen-bond acceptors (Lipinski definition) is 6. The molecule has 0 aromatic carbocycles. The number of rotatable bonds is 1. The molecule has 1 saturated heterocycles. The first-order chi connectivity index (χ1) is 22.6. The van der Waals surface area contributed by atoms with Crippen LogP contribution in [0.15, 0.2) is 11.6 Å². The number of carbonyl (C=O) groups excluding carboxylic acids is 4. The fourth-order valence-electron chi connectivity index (χ4n) is 4.86. The predicted octanol–water partition coefficient (Wildman–Crippen LogP) is 12.6. The smallest absolute Gasteiger partial charge is 0.223 e. The minimum Gasteiger partial charge on any atom is -0.343 e. The fourth-order valence-corrected chi connectivity index (χ4v) is 5.44. The van der Waals surface area contributed by atoms with Gasteiger partial charge in [0.25, 0.3) is 0 Å². The molecule has 0 bridgehead atoms. The van der Waals surface area contributed by atoms with Gasteiger partial charge in [-0.2, -0.15) is 0 Å². The Morgan fingerprint density at radius 2 is 0.920 bits per heavy atom. The van der Waals surface area contributed by atoms with Gasteiger partial charge in [0.15, 0.2) is 5.13 Å². The lowest BCUT2D eigenvalue weighted by Gasteiger charge is -2.24. The van der Waals surface area contributed by atoms with E-state index in [4.69, 9.17) is 0 Å². The number of amides is 2. The summed E-state index contributed by atoms with van der Waals surface area (Å²) in [7, 11) is 0. The average Bonchev–Trinajstić information content (AvgIpc) is 3.38. The van der Waals surface area contributed by atoms with Gasteiger partial charge in [0, 0.05) is 38.5 Å². The Morgan fingerprint density at radius 1 is 0.580 bits per heavy atom. The number of likely N-dealkylation sites (tertiary alicyclic amines) is 1. The van der Waals surface area contributed by atoms with Crippen molar-refractivity contribution in [1.82, 2.24) is 9.88 Å². The van der Waals surface area contributed by atoms with Crippen LogP contribution < -0.4 is 5.32 Å². The van der Waals surface area contributed by atoms with Crippen LogP contribution in [0.1, 0.15) is 193 Å². The van der Waals surface area contributed by atoms with Gasteiger partial charge >= 0.3 is 0 Å². The number of aromatic nitrogens is 1. The average molecular weight is 726 g/mol. The Morgan fingerprint density at radius 3 is 1.10 bits per heavy atom. The zero-order valence-electron chi connectivity index (χ0n) is 32.8. The van der Waals surface area contributed by atoms with Crippen molar-refractivity contribution in [2.24, 2.45) is 23.7 Å². The molecule has 0 spiro atoms. The van der Waals surface area contributed by atoms with Crippen LogP contribution in [0.2, 0.25) is 0 Å². The molecular weight excluding hydrogens is 643 g/mol. The summed E-state index contributed by atoms with van der Waals surface area (Å²) in [5.41, 5.74) is 0. The molecule has 1 aromatic rings. The zero-order chi connectivity index (χ0) is 36.7. The second kappa shape index (κ2) is 36.7. The molecule has 2 amide bonds. The maximum atomic E-state index is 10.7. The third-order valence-electron chi connectivity index (χ3n) is 8.31. The molecule has 1 aliphatic heterocycles. The van der Waals surface area contributed by atoms with E-state index >= 15 is 0 Å². The van der Waals surface area contributed by atoms with Crippen molar-refractivity contribution in [3.8, 4) is 0 Å². The highest BCUT2D eigenvalue weighted by Gasteiger charge is 2.13. The van der Waals surface area contributed by atoms with Gasteiger partial charge in [-0.25, -0.2) is 4.98 Å². The second-order valence-electron chi connectivity index (χ2n) is 14.8. The number of carbonyl (C=O) groups is 4. The molecule has 1 aromatic heterocycles. The molecule has 5 fully saturated rings. The molecular formula is C42H83N3O4S. The van der Waals surface area contributed by atoms with E-state index in [0.717, 1.165) is 36.8 Å². The van der Waals surface area contributed by atoms with E-state index in [1.54, 1.807) is 13.1 Å². The van der Waals surface area contributed by atoms with Crippen LogP contribution in [-0.2, 0) is 19.2 Å². The minimum atomic E-state index is -0.0787. The van der Waals surface area contributed by atoms with Crippen molar-refractivity contribution < 1.29 is 19.2 Å². The van der Waals surface area contributed by atoms with Crippen LogP contribution in [0.5, 0.6) is 0 Å². The van der Waals surface area contributed by atoms with E-state index in [1.165, 1.54) is 155 Å². The summed E-state index contributed by atoms with van der Waals surface area (Å²) in [6.45, 7) is 20.5. The summed E-state index contributed by atoms with van der Waals surface area (Å²) < 4.78 is 0. The van der Waals surface area contributed by atoms with Crippen molar-refractivity contribution in [3.63, 3.8) is 0 Å². The monoisotopic (exact) mass is 726 g/mol. The maximum absolute atomic E-state index is 10.7.